The Morgan fingerprint density at radius 1 is 0.979 bits per heavy atom. The zero-order chi connectivity index (χ0) is 34.6. The third-order valence-electron chi connectivity index (χ3n) is 8.60. The molecule has 0 bridgehead atoms. The van der Waals surface area contributed by atoms with E-state index in [1.807, 2.05) is 80.4 Å². The summed E-state index contributed by atoms with van der Waals surface area (Å²) in [5.74, 6) is -0.140. The number of para-hydroxylation sites is 1. The third kappa shape index (κ3) is 7.54. The number of carbonyl (C=O) groups excluding carboxylic acids is 1. The summed E-state index contributed by atoms with van der Waals surface area (Å²) in [5.41, 5.74) is 5.28. The van der Waals surface area contributed by atoms with E-state index in [9.17, 15) is 14.7 Å². The number of aryl methyl sites for hydroxylation is 3. The molecule has 0 saturated heterocycles. The van der Waals surface area contributed by atoms with Gasteiger partial charge in [0.15, 0.2) is 0 Å². The molecule has 0 aliphatic rings. The molecule has 3 aromatic carbocycles. The third-order valence-corrected chi connectivity index (χ3v) is 9.13. The van der Waals surface area contributed by atoms with E-state index in [0.29, 0.717) is 56.4 Å². The number of fused-ring (bicyclic) bond motifs is 2. The first-order valence-electron chi connectivity index (χ1n) is 16.4. The molecule has 2 heterocycles. The lowest BCUT2D eigenvalue weighted by molar-refractivity contribution is 0.0296. The van der Waals surface area contributed by atoms with Crippen molar-refractivity contribution >= 4 is 49.7 Å². The van der Waals surface area contributed by atoms with Gasteiger partial charge in [-0.25, -0.2) is 9.59 Å². The van der Waals surface area contributed by atoms with Crippen LogP contribution in [0.3, 0.4) is 0 Å². The Labute approximate surface area is 290 Å². The molecule has 5 aromatic rings. The maximum atomic E-state index is 13.1. The minimum absolute atomic E-state index is 0.296. The summed E-state index contributed by atoms with van der Waals surface area (Å²) < 4.78 is 15.6. The second-order valence-electron chi connectivity index (χ2n) is 13.2. The molecule has 9 nitrogen and oxygen atoms in total. The smallest absolute Gasteiger partial charge is 0.410 e. The molecule has 254 valence electrons. The minimum atomic E-state index is -0.961. The van der Waals surface area contributed by atoms with Gasteiger partial charge in [-0.15, -0.1) is 0 Å². The first kappa shape index (κ1) is 35.0. The van der Waals surface area contributed by atoms with Crippen LogP contribution in [0.2, 0.25) is 0 Å². The fraction of sp³-hybridized carbons (Fsp3) is 0.395. The molecule has 0 saturated carbocycles. The molecule has 5 rings (SSSR count). The molecule has 0 unspecified atom stereocenters. The molecule has 0 spiro atoms. The van der Waals surface area contributed by atoms with E-state index < -0.39 is 11.6 Å². The zero-order valence-electron chi connectivity index (χ0n) is 28.7. The number of carboxylic acid groups (broad SMARTS) is 1. The highest BCUT2D eigenvalue weighted by Gasteiger charge is 2.27. The van der Waals surface area contributed by atoms with Gasteiger partial charge in [0.25, 0.3) is 0 Å². The molecule has 2 aromatic heterocycles. The molecule has 0 radical (unpaired) electrons. The summed E-state index contributed by atoms with van der Waals surface area (Å²) in [4.78, 5) is 27.2. The number of carbonyl (C=O) groups is 2. The van der Waals surface area contributed by atoms with E-state index in [-0.39, 0.29) is 6.09 Å². The fourth-order valence-electron chi connectivity index (χ4n) is 6.33. The normalized spacial score (nSPS) is 11.7. The number of rotatable bonds is 13. The maximum absolute atomic E-state index is 13.1. The second kappa shape index (κ2) is 14.8. The molecular formula is C38H45BrN4O5. The van der Waals surface area contributed by atoms with E-state index in [4.69, 9.17) is 14.6 Å². The van der Waals surface area contributed by atoms with Gasteiger partial charge in [-0.1, -0.05) is 70.5 Å². The predicted molar refractivity (Wildman–Crippen MR) is 194 cm³/mol. The number of nitrogens with zero attached hydrogens (tertiary/aromatic N) is 4. The van der Waals surface area contributed by atoms with Crippen molar-refractivity contribution in [3.8, 4) is 16.9 Å². The molecule has 0 atom stereocenters. The van der Waals surface area contributed by atoms with Crippen molar-refractivity contribution in [2.24, 2.45) is 7.05 Å². The van der Waals surface area contributed by atoms with Crippen LogP contribution in [-0.4, -0.2) is 62.2 Å². The maximum Gasteiger partial charge on any atom is 0.410 e. The Balaban J connectivity index is 1.47. The van der Waals surface area contributed by atoms with Gasteiger partial charge in [-0.2, -0.15) is 5.10 Å². The number of aromatic carboxylic acids is 1. The highest BCUT2D eigenvalue weighted by atomic mass is 79.9. The Kier molecular flexibility index (Phi) is 10.8. The Hall–Kier alpha value is -4.31. The van der Waals surface area contributed by atoms with Crippen LogP contribution in [0, 0.1) is 6.92 Å². The first-order valence-corrected chi connectivity index (χ1v) is 17.5. The van der Waals surface area contributed by atoms with Gasteiger partial charge in [0.1, 0.15) is 17.0 Å². The van der Waals surface area contributed by atoms with E-state index in [2.05, 4.69) is 40.2 Å². The molecule has 0 fully saturated rings. The van der Waals surface area contributed by atoms with Crippen LogP contribution in [0.25, 0.3) is 32.8 Å². The number of amides is 1. The number of unbranched alkanes of at least 4 members (excludes halogenated alkanes) is 1. The van der Waals surface area contributed by atoms with Crippen LogP contribution in [-0.2, 0) is 30.1 Å². The van der Waals surface area contributed by atoms with Crippen molar-refractivity contribution in [2.45, 2.75) is 70.9 Å². The number of aromatic nitrogens is 3. The summed E-state index contributed by atoms with van der Waals surface area (Å²) in [7, 11) is 3.65. The molecular weight excluding hydrogens is 672 g/mol. The summed E-state index contributed by atoms with van der Waals surface area (Å²) >= 11 is 3.62. The molecule has 1 N–H and O–H groups in total. The summed E-state index contributed by atoms with van der Waals surface area (Å²) in [5, 5.41) is 19.1. The van der Waals surface area contributed by atoms with Crippen LogP contribution in [0.1, 0.15) is 67.5 Å². The van der Waals surface area contributed by atoms with Crippen LogP contribution in [0.5, 0.6) is 5.75 Å². The van der Waals surface area contributed by atoms with Crippen LogP contribution < -0.4 is 4.74 Å². The fourth-order valence-corrected chi connectivity index (χ4v) is 6.72. The number of ether oxygens (including phenoxy) is 2. The van der Waals surface area contributed by atoms with E-state index in [1.165, 1.54) is 0 Å². The van der Waals surface area contributed by atoms with E-state index >= 15 is 0 Å². The summed E-state index contributed by atoms with van der Waals surface area (Å²) in [6.07, 6.45) is 2.17. The monoisotopic (exact) mass is 716 g/mol. The van der Waals surface area contributed by atoms with Gasteiger partial charge < -0.3 is 24.0 Å². The highest BCUT2D eigenvalue weighted by molar-refractivity contribution is 9.08. The molecule has 1 amide bonds. The van der Waals surface area contributed by atoms with E-state index in [0.717, 1.165) is 55.5 Å². The summed E-state index contributed by atoms with van der Waals surface area (Å²) in [6.45, 7) is 9.00. The van der Waals surface area contributed by atoms with Crippen LogP contribution in [0.4, 0.5) is 4.79 Å². The highest BCUT2D eigenvalue weighted by Crippen LogP contribution is 2.39. The van der Waals surface area contributed by atoms with Crippen molar-refractivity contribution in [1.29, 1.82) is 0 Å². The average molecular weight is 718 g/mol. The van der Waals surface area contributed by atoms with Crippen molar-refractivity contribution in [2.75, 3.05) is 20.2 Å². The first-order chi connectivity index (χ1) is 22.9. The zero-order valence-corrected chi connectivity index (χ0v) is 30.3. The molecule has 10 heteroatoms. The van der Waals surface area contributed by atoms with Crippen molar-refractivity contribution in [3.63, 3.8) is 0 Å². The molecule has 0 aliphatic heterocycles. The Bertz CT molecular complexity index is 1930. The van der Waals surface area contributed by atoms with Crippen molar-refractivity contribution < 1.29 is 24.2 Å². The molecule has 48 heavy (non-hydrogen) atoms. The SMILES string of the molecule is Cc1c(-c2cccc3c(CCCOc4cccc5ccccc45)c(C(=O)O)n(CCCCN(C)C(=O)OC(C)(C)C)c23)c(CBr)nn1C. The topological polar surface area (TPSA) is 98.8 Å². The number of hydrogen-bond donors (Lipinski definition) is 1. The number of alkyl halides is 1. The van der Waals surface area contributed by atoms with Crippen LogP contribution >= 0.6 is 15.9 Å². The van der Waals surface area contributed by atoms with Gasteiger partial charge in [-0.05, 0) is 70.4 Å². The van der Waals surface area contributed by atoms with Crippen molar-refractivity contribution in [1.82, 2.24) is 19.2 Å². The lowest BCUT2D eigenvalue weighted by Crippen LogP contribution is -2.34. The average Bonchev–Trinajstić information content (AvgIpc) is 3.53. The van der Waals surface area contributed by atoms with Crippen molar-refractivity contribution in [3.05, 3.63) is 83.3 Å². The van der Waals surface area contributed by atoms with Gasteiger partial charge >= 0.3 is 12.1 Å². The number of halogens is 1. The second-order valence-corrected chi connectivity index (χ2v) is 13.7. The number of hydrogen-bond acceptors (Lipinski definition) is 5. The number of carboxylic acids is 1. The van der Waals surface area contributed by atoms with Crippen LogP contribution in [0.15, 0.2) is 60.7 Å². The van der Waals surface area contributed by atoms with Gasteiger partial charge in [0.05, 0.1) is 17.8 Å². The Morgan fingerprint density at radius 3 is 2.42 bits per heavy atom. The lowest BCUT2D eigenvalue weighted by Gasteiger charge is -2.24. The standard InChI is InChI=1S/C38H45BrN4O5/c1-25-33(31(24-39)40-42(25)6)30-18-12-17-28-29(19-13-23-47-32-20-11-15-26-14-7-8-16-27(26)32)35(36(44)45)43(34(28)30)22-10-9-21-41(5)37(46)48-38(2,3)4/h7-8,11-12,14-18,20H,9-10,13,19,21-24H2,1-6H3,(H,44,45). The van der Waals surface area contributed by atoms with Gasteiger partial charge in [0.2, 0.25) is 0 Å². The van der Waals surface area contributed by atoms with Gasteiger partial charge in [0, 0.05) is 60.1 Å². The van der Waals surface area contributed by atoms with E-state index in [1.54, 1.807) is 11.9 Å². The quantitative estimate of drug-likeness (QED) is 0.0967. The number of benzene rings is 3. The Morgan fingerprint density at radius 2 is 1.69 bits per heavy atom. The largest absolute Gasteiger partial charge is 0.493 e. The molecule has 0 aliphatic carbocycles. The summed E-state index contributed by atoms with van der Waals surface area (Å²) in [6, 6.07) is 20.2. The lowest BCUT2D eigenvalue weighted by atomic mass is 9.98. The predicted octanol–water partition coefficient (Wildman–Crippen LogP) is 8.76. The minimum Gasteiger partial charge on any atom is -0.493 e. The van der Waals surface area contributed by atoms with Gasteiger partial charge in [-0.3, -0.25) is 4.68 Å².